The quantitative estimate of drug-likeness (QED) is 0.239. The molecule has 5 aromatic rings. The van der Waals surface area contributed by atoms with Gasteiger partial charge in [-0.25, -0.2) is 4.98 Å². The van der Waals surface area contributed by atoms with Crippen molar-refractivity contribution < 1.29 is 0 Å². The Balaban J connectivity index is 1.26. The standard InChI is InChI=1S/C28H28BrN5/c1-20-9-3-5-13-23(20)26-17-27(34-28(32-26)25(29)18-31-34)30-15-8-16-33(2)19-22-12-7-11-21-10-4-6-14-24(21)22/h3-7,9-14,17-18,30H,8,15-16,19H2,1-2H3. The van der Waals surface area contributed by atoms with Gasteiger partial charge in [0.2, 0.25) is 0 Å². The highest BCUT2D eigenvalue weighted by molar-refractivity contribution is 9.10. The van der Waals surface area contributed by atoms with Crippen LogP contribution in [0.2, 0.25) is 0 Å². The predicted molar refractivity (Wildman–Crippen MR) is 144 cm³/mol. The van der Waals surface area contributed by atoms with E-state index in [1.54, 1.807) is 6.20 Å². The van der Waals surface area contributed by atoms with E-state index in [4.69, 9.17) is 4.98 Å². The molecule has 0 unspecified atom stereocenters. The first kappa shape index (κ1) is 22.6. The minimum atomic E-state index is 0.816. The third kappa shape index (κ3) is 4.69. The molecular weight excluding hydrogens is 486 g/mol. The largest absolute Gasteiger partial charge is 0.370 e. The lowest BCUT2D eigenvalue weighted by Crippen LogP contribution is -2.21. The van der Waals surface area contributed by atoms with Gasteiger partial charge in [-0.15, -0.1) is 0 Å². The van der Waals surface area contributed by atoms with Crippen molar-refractivity contribution in [3.63, 3.8) is 0 Å². The topological polar surface area (TPSA) is 45.5 Å². The first-order valence-electron chi connectivity index (χ1n) is 11.6. The number of aromatic nitrogens is 3. The van der Waals surface area contributed by atoms with Crippen LogP contribution in [0, 0.1) is 6.92 Å². The van der Waals surface area contributed by atoms with E-state index in [1.807, 2.05) is 4.52 Å². The molecule has 0 spiro atoms. The Hall–Kier alpha value is -3.22. The average molecular weight is 514 g/mol. The summed E-state index contributed by atoms with van der Waals surface area (Å²) in [6.45, 7) is 4.90. The van der Waals surface area contributed by atoms with Crippen LogP contribution in [0.1, 0.15) is 17.5 Å². The molecule has 172 valence electrons. The van der Waals surface area contributed by atoms with Gasteiger partial charge < -0.3 is 10.2 Å². The summed E-state index contributed by atoms with van der Waals surface area (Å²) in [6.07, 6.45) is 2.82. The summed E-state index contributed by atoms with van der Waals surface area (Å²) in [5.41, 5.74) is 5.47. The molecule has 3 aromatic carbocycles. The molecule has 5 rings (SSSR count). The SMILES string of the molecule is Cc1ccccc1-c1cc(NCCCN(C)Cc2cccc3ccccc23)n2ncc(Br)c2n1. The molecule has 34 heavy (non-hydrogen) atoms. The fourth-order valence-corrected chi connectivity index (χ4v) is 4.77. The number of nitrogens with zero attached hydrogens (tertiary/aromatic N) is 4. The van der Waals surface area contributed by atoms with Crippen LogP contribution in [-0.2, 0) is 6.54 Å². The Morgan fingerprint density at radius 2 is 1.79 bits per heavy atom. The zero-order valence-corrected chi connectivity index (χ0v) is 21.1. The summed E-state index contributed by atoms with van der Waals surface area (Å²) in [5.74, 6) is 0.950. The van der Waals surface area contributed by atoms with Crippen LogP contribution in [0.3, 0.4) is 0 Å². The van der Waals surface area contributed by atoms with Gasteiger partial charge in [-0.3, -0.25) is 0 Å². The van der Waals surface area contributed by atoms with Crippen molar-refractivity contribution in [2.45, 2.75) is 19.9 Å². The van der Waals surface area contributed by atoms with Crippen LogP contribution in [0.25, 0.3) is 27.7 Å². The lowest BCUT2D eigenvalue weighted by atomic mass is 10.0. The molecule has 2 aromatic heterocycles. The van der Waals surface area contributed by atoms with Crippen LogP contribution >= 0.6 is 15.9 Å². The Bertz CT molecular complexity index is 1440. The normalized spacial score (nSPS) is 11.5. The molecule has 0 saturated heterocycles. The molecule has 5 nitrogen and oxygen atoms in total. The number of hydrogen-bond acceptors (Lipinski definition) is 4. The lowest BCUT2D eigenvalue weighted by molar-refractivity contribution is 0.326. The van der Waals surface area contributed by atoms with Crippen molar-refractivity contribution in [3.05, 3.63) is 94.6 Å². The molecule has 0 aliphatic rings. The van der Waals surface area contributed by atoms with Gasteiger partial charge >= 0.3 is 0 Å². The maximum absolute atomic E-state index is 4.86. The number of anilines is 1. The van der Waals surface area contributed by atoms with Gasteiger partial charge in [-0.1, -0.05) is 66.7 Å². The molecule has 0 aliphatic carbocycles. The van der Waals surface area contributed by atoms with Gasteiger partial charge in [0.05, 0.1) is 16.4 Å². The molecule has 0 fully saturated rings. The highest BCUT2D eigenvalue weighted by Crippen LogP contribution is 2.27. The van der Waals surface area contributed by atoms with Gasteiger partial charge in [0.1, 0.15) is 5.82 Å². The monoisotopic (exact) mass is 513 g/mol. The average Bonchev–Trinajstić information content (AvgIpc) is 3.23. The van der Waals surface area contributed by atoms with Gasteiger partial charge in [0.25, 0.3) is 0 Å². The molecule has 2 heterocycles. The molecule has 0 saturated carbocycles. The molecule has 0 aliphatic heterocycles. The summed E-state index contributed by atoms with van der Waals surface area (Å²) in [6, 6.07) is 25.6. The molecule has 0 radical (unpaired) electrons. The van der Waals surface area contributed by atoms with E-state index in [1.165, 1.54) is 21.9 Å². The zero-order chi connectivity index (χ0) is 23.5. The maximum Gasteiger partial charge on any atom is 0.172 e. The zero-order valence-electron chi connectivity index (χ0n) is 19.5. The molecule has 1 N–H and O–H groups in total. The molecular formula is C28H28BrN5. The third-order valence-electron chi connectivity index (χ3n) is 6.19. The number of hydrogen-bond donors (Lipinski definition) is 1. The lowest BCUT2D eigenvalue weighted by Gasteiger charge is -2.18. The Morgan fingerprint density at radius 3 is 2.68 bits per heavy atom. The Morgan fingerprint density at radius 1 is 1.00 bits per heavy atom. The number of nitrogens with one attached hydrogen (secondary N) is 1. The van der Waals surface area contributed by atoms with Gasteiger partial charge in [0, 0.05) is 24.7 Å². The number of halogens is 1. The highest BCUT2D eigenvalue weighted by Gasteiger charge is 2.12. The first-order valence-corrected chi connectivity index (χ1v) is 12.4. The van der Waals surface area contributed by atoms with E-state index in [0.29, 0.717) is 0 Å². The van der Waals surface area contributed by atoms with Crippen molar-refractivity contribution in [3.8, 4) is 11.3 Å². The van der Waals surface area contributed by atoms with Gasteiger partial charge in [-0.2, -0.15) is 9.61 Å². The molecule has 0 bridgehead atoms. The van der Waals surface area contributed by atoms with E-state index < -0.39 is 0 Å². The Labute approximate surface area is 208 Å². The van der Waals surface area contributed by atoms with E-state index in [0.717, 1.165) is 53.3 Å². The summed E-state index contributed by atoms with van der Waals surface area (Å²) >= 11 is 3.60. The molecule has 0 atom stereocenters. The van der Waals surface area contributed by atoms with Gasteiger partial charge in [-0.05, 0) is 64.8 Å². The number of rotatable bonds is 8. The summed E-state index contributed by atoms with van der Waals surface area (Å²) in [5, 5.41) is 10.7. The fraction of sp³-hybridized carbons (Fsp3) is 0.214. The number of fused-ring (bicyclic) bond motifs is 2. The minimum absolute atomic E-state index is 0.816. The summed E-state index contributed by atoms with van der Waals surface area (Å²) < 4.78 is 2.76. The summed E-state index contributed by atoms with van der Waals surface area (Å²) in [4.78, 5) is 7.24. The van der Waals surface area contributed by atoms with Crippen molar-refractivity contribution in [2.24, 2.45) is 0 Å². The second-order valence-electron chi connectivity index (χ2n) is 8.73. The maximum atomic E-state index is 4.86. The van der Waals surface area contributed by atoms with Crippen LogP contribution in [-0.4, -0.2) is 39.6 Å². The Kier molecular flexibility index (Phi) is 6.61. The smallest absolute Gasteiger partial charge is 0.172 e. The van der Waals surface area contributed by atoms with Crippen LogP contribution in [0.4, 0.5) is 5.82 Å². The second-order valence-corrected chi connectivity index (χ2v) is 9.58. The van der Waals surface area contributed by atoms with Gasteiger partial charge in [0.15, 0.2) is 5.65 Å². The highest BCUT2D eigenvalue weighted by atomic mass is 79.9. The fourth-order valence-electron chi connectivity index (χ4n) is 4.43. The minimum Gasteiger partial charge on any atom is -0.370 e. The van der Waals surface area contributed by atoms with Crippen LogP contribution < -0.4 is 5.32 Å². The third-order valence-corrected chi connectivity index (χ3v) is 6.75. The summed E-state index contributed by atoms with van der Waals surface area (Å²) in [7, 11) is 2.19. The van der Waals surface area contributed by atoms with Crippen molar-refractivity contribution in [1.29, 1.82) is 0 Å². The second kappa shape index (κ2) is 9.95. The molecule has 6 heteroatoms. The predicted octanol–water partition coefficient (Wildman–Crippen LogP) is 6.55. The van der Waals surface area contributed by atoms with E-state index in [2.05, 4.69) is 118 Å². The van der Waals surface area contributed by atoms with E-state index in [9.17, 15) is 0 Å². The molecule has 0 amide bonds. The first-order chi connectivity index (χ1) is 16.6. The van der Waals surface area contributed by atoms with Crippen molar-refractivity contribution in [1.82, 2.24) is 19.5 Å². The van der Waals surface area contributed by atoms with Crippen LogP contribution in [0.5, 0.6) is 0 Å². The van der Waals surface area contributed by atoms with E-state index in [-0.39, 0.29) is 0 Å². The van der Waals surface area contributed by atoms with E-state index >= 15 is 0 Å². The van der Waals surface area contributed by atoms with Crippen molar-refractivity contribution in [2.75, 3.05) is 25.5 Å². The van der Waals surface area contributed by atoms with Crippen LogP contribution in [0.15, 0.2) is 83.5 Å². The number of benzene rings is 3. The number of aryl methyl sites for hydroxylation is 1. The van der Waals surface area contributed by atoms with Crippen molar-refractivity contribution >= 4 is 38.2 Å².